The van der Waals surface area contributed by atoms with Crippen LogP contribution in [0.5, 0.6) is 5.75 Å². The van der Waals surface area contributed by atoms with Gasteiger partial charge in [-0.2, -0.15) is 5.10 Å². The molecule has 0 fully saturated rings. The molecular formula is C19H19BrClN3O3. The summed E-state index contributed by atoms with van der Waals surface area (Å²) in [5.74, 6) is 1.10. The lowest BCUT2D eigenvalue weighted by atomic mass is 10.3. The van der Waals surface area contributed by atoms with Gasteiger partial charge in [-0.15, -0.1) is 0 Å². The van der Waals surface area contributed by atoms with E-state index in [1.165, 1.54) is 0 Å². The summed E-state index contributed by atoms with van der Waals surface area (Å²) in [5.41, 5.74) is 1.12. The number of aromatic nitrogens is 2. The van der Waals surface area contributed by atoms with Gasteiger partial charge in [0.2, 0.25) is 0 Å². The van der Waals surface area contributed by atoms with Crippen molar-refractivity contribution in [3.8, 4) is 5.75 Å². The Balaban J connectivity index is 1.44. The van der Waals surface area contributed by atoms with Crippen LogP contribution in [0.1, 0.15) is 28.3 Å². The Labute approximate surface area is 170 Å². The van der Waals surface area contributed by atoms with Crippen molar-refractivity contribution in [1.29, 1.82) is 0 Å². The zero-order chi connectivity index (χ0) is 19.2. The molecule has 8 heteroatoms. The average Bonchev–Trinajstić information content (AvgIpc) is 3.27. The van der Waals surface area contributed by atoms with E-state index in [4.69, 9.17) is 20.8 Å². The first-order valence-corrected chi connectivity index (χ1v) is 9.62. The van der Waals surface area contributed by atoms with Gasteiger partial charge in [0.25, 0.3) is 5.91 Å². The molecule has 3 aromatic rings. The largest absolute Gasteiger partial charge is 0.484 e. The van der Waals surface area contributed by atoms with Gasteiger partial charge in [0.15, 0.2) is 5.76 Å². The van der Waals surface area contributed by atoms with E-state index in [0.717, 1.165) is 23.0 Å². The van der Waals surface area contributed by atoms with E-state index in [-0.39, 0.29) is 18.3 Å². The molecule has 1 amide bonds. The molecule has 1 N–H and O–H groups in total. The van der Waals surface area contributed by atoms with Gasteiger partial charge in [0.05, 0.1) is 11.2 Å². The summed E-state index contributed by atoms with van der Waals surface area (Å²) in [6, 6.07) is 8.71. The zero-order valence-corrected chi connectivity index (χ0v) is 17.1. The second-order valence-corrected chi connectivity index (χ2v) is 7.34. The molecule has 0 spiro atoms. The minimum Gasteiger partial charge on any atom is -0.484 e. The third-order valence-electron chi connectivity index (χ3n) is 3.76. The number of halogens is 2. The molecule has 0 bridgehead atoms. The van der Waals surface area contributed by atoms with Crippen LogP contribution in [0.4, 0.5) is 0 Å². The lowest BCUT2D eigenvalue weighted by Gasteiger charge is -2.06. The number of carbonyl (C=O) groups excluding carboxylic acids is 1. The van der Waals surface area contributed by atoms with E-state index in [9.17, 15) is 4.79 Å². The Morgan fingerprint density at radius 1 is 1.37 bits per heavy atom. The van der Waals surface area contributed by atoms with E-state index in [2.05, 4.69) is 26.3 Å². The first-order chi connectivity index (χ1) is 13.0. The molecule has 2 aromatic heterocycles. The van der Waals surface area contributed by atoms with Gasteiger partial charge in [-0.05, 0) is 49.2 Å². The number of hydrogen-bond donors (Lipinski definition) is 1. The number of furan rings is 1. The summed E-state index contributed by atoms with van der Waals surface area (Å²) in [7, 11) is 0. The van der Waals surface area contributed by atoms with Crippen LogP contribution in [0.2, 0.25) is 5.02 Å². The summed E-state index contributed by atoms with van der Waals surface area (Å²) in [5, 5.41) is 7.55. The van der Waals surface area contributed by atoms with Gasteiger partial charge in [-0.1, -0.05) is 27.5 Å². The Hall–Kier alpha value is -2.25. The maximum atomic E-state index is 12.1. The lowest BCUT2D eigenvalue weighted by Crippen LogP contribution is -2.24. The van der Waals surface area contributed by atoms with Crippen LogP contribution in [0.3, 0.4) is 0 Å². The predicted octanol–water partition coefficient (Wildman–Crippen LogP) is 4.60. The molecule has 0 aliphatic heterocycles. The highest BCUT2D eigenvalue weighted by atomic mass is 79.9. The molecule has 2 heterocycles. The van der Waals surface area contributed by atoms with Crippen LogP contribution in [-0.2, 0) is 13.2 Å². The summed E-state index contributed by atoms with van der Waals surface area (Å²) in [4.78, 5) is 12.1. The van der Waals surface area contributed by atoms with E-state index < -0.39 is 0 Å². The highest BCUT2D eigenvalue weighted by Crippen LogP contribution is 2.28. The molecule has 0 aliphatic carbocycles. The summed E-state index contributed by atoms with van der Waals surface area (Å²) >= 11 is 9.46. The van der Waals surface area contributed by atoms with Gasteiger partial charge in [0.1, 0.15) is 18.1 Å². The number of nitrogens with zero attached hydrogens (tertiary/aromatic N) is 2. The number of aryl methyl sites for hydroxylation is 2. The molecular weight excluding hydrogens is 434 g/mol. The predicted molar refractivity (Wildman–Crippen MR) is 106 cm³/mol. The van der Waals surface area contributed by atoms with Gasteiger partial charge < -0.3 is 14.5 Å². The zero-order valence-electron chi connectivity index (χ0n) is 14.7. The fourth-order valence-corrected chi connectivity index (χ4v) is 3.17. The molecule has 0 saturated heterocycles. The maximum Gasteiger partial charge on any atom is 0.286 e. The van der Waals surface area contributed by atoms with E-state index in [1.54, 1.807) is 24.3 Å². The van der Waals surface area contributed by atoms with Crippen molar-refractivity contribution in [3.63, 3.8) is 0 Å². The van der Waals surface area contributed by atoms with E-state index in [0.29, 0.717) is 23.1 Å². The molecule has 0 unspecified atom stereocenters. The van der Waals surface area contributed by atoms with Crippen LogP contribution in [0.15, 0.2) is 51.6 Å². The van der Waals surface area contributed by atoms with Crippen molar-refractivity contribution in [2.24, 2.45) is 0 Å². The normalized spacial score (nSPS) is 10.8. The fraction of sp³-hybridized carbons (Fsp3) is 0.263. The highest BCUT2D eigenvalue weighted by molar-refractivity contribution is 9.10. The van der Waals surface area contributed by atoms with Crippen molar-refractivity contribution in [3.05, 3.63) is 69.3 Å². The molecule has 0 aliphatic rings. The minimum atomic E-state index is -0.250. The van der Waals surface area contributed by atoms with Crippen molar-refractivity contribution >= 4 is 33.4 Å². The molecule has 0 radical (unpaired) electrons. The van der Waals surface area contributed by atoms with Gasteiger partial charge in [0, 0.05) is 23.8 Å². The topological polar surface area (TPSA) is 69.3 Å². The lowest BCUT2D eigenvalue weighted by molar-refractivity contribution is 0.0921. The molecule has 0 atom stereocenters. The molecule has 6 nitrogen and oxygen atoms in total. The number of hydrogen-bond acceptors (Lipinski definition) is 4. The van der Waals surface area contributed by atoms with Crippen molar-refractivity contribution in [2.45, 2.75) is 26.5 Å². The van der Waals surface area contributed by atoms with Crippen LogP contribution >= 0.6 is 27.5 Å². The van der Waals surface area contributed by atoms with Crippen LogP contribution in [-0.4, -0.2) is 22.2 Å². The highest BCUT2D eigenvalue weighted by Gasteiger charge is 2.11. The number of benzene rings is 1. The summed E-state index contributed by atoms with van der Waals surface area (Å²) in [6.45, 7) is 3.47. The fourth-order valence-electron chi connectivity index (χ4n) is 2.44. The third kappa shape index (κ3) is 5.61. The smallest absolute Gasteiger partial charge is 0.286 e. The number of ether oxygens (including phenoxy) is 1. The molecule has 1 aromatic carbocycles. The van der Waals surface area contributed by atoms with Gasteiger partial charge >= 0.3 is 0 Å². The van der Waals surface area contributed by atoms with Gasteiger partial charge in [-0.25, -0.2) is 0 Å². The van der Waals surface area contributed by atoms with Crippen molar-refractivity contribution < 1.29 is 13.9 Å². The second kappa shape index (κ2) is 9.10. The SMILES string of the molecule is Cc1cnn(CCCNC(=O)c2ccc(COc3ccc(Br)cc3Cl)o2)c1. The molecule has 142 valence electrons. The van der Waals surface area contributed by atoms with Crippen LogP contribution in [0, 0.1) is 6.92 Å². The monoisotopic (exact) mass is 451 g/mol. The Kier molecular flexibility index (Phi) is 6.58. The summed E-state index contributed by atoms with van der Waals surface area (Å²) < 4.78 is 13.9. The van der Waals surface area contributed by atoms with Gasteiger partial charge in [-0.3, -0.25) is 9.48 Å². The number of rotatable bonds is 8. The van der Waals surface area contributed by atoms with Crippen LogP contribution < -0.4 is 10.1 Å². The van der Waals surface area contributed by atoms with Crippen LogP contribution in [0.25, 0.3) is 0 Å². The first kappa shape index (κ1) is 19.5. The van der Waals surface area contributed by atoms with E-state index >= 15 is 0 Å². The summed E-state index contributed by atoms with van der Waals surface area (Å²) in [6.07, 6.45) is 4.57. The minimum absolute atomic E-state index is 0.188. The standard InChI is InChI=1S/C19H19BrClN3O3/c1-13-10-23-24(11-13)8-2-7-22-19(25)18-6-4-15(27-18)12-26-17-5-3-14(20)9-16(17)21/h3-6,9-11H,2,7-8,12H2,1H3,(H,22,25). The maximum absolute atomic E-state index is 12.1. The first-order valence-electron chi connectivity index (χ1n) is 8.45. The third-order valence-corrected chi connectivity index (χ3v) is 4.55. The van der Waals surface area contributed by atoms with Crippen molar-refractivity contribution in [2.75, 3.05) is 6.54 Å². The number of amides is 1. The number of nitrogens with one attached hydrogen (secondary N) is 1. The average molecular weight is 453 g/mol. The number of carbonyl (C=O) groups is 1. The quantitative estimate of drug-likeness (QED) is 0.507. The second-order valence-electron chi connectivity index (χ2n) is 6.02. The van der Waals surface area contributed by atoms with E-state index in [1.807, 2.05) is 30.1 Å². The van der Waals surface area contributed by atoms with Crippen molar-refractivity contribution in [1.82, 2.24) is 15.1 Å². The molecule has 0 saturated carbocycles. The Bertz CT molecular complexity index is 923. The molecule has 3 rings (SSSR count). The molecule has 27 heavy (non-hydrogen) atoms. The Morgan fingerprint density at radius 3 is 2.96 bits per heavy atom. The Morgan fingerprint density at radius 2 is 2.22 bits per heavy atom.